The van der Waals surface area contributed by atoms with Crippen LogP contribution in [0.1, 0.15) is 25.5 Å². The predicted molar refractivity (Wildman–Crippen MR) is 69.5 cm³/mol. The molecule has 1 aliphatic rings. The Kier molecular flexibility index (Phi) is 3.99. The molecule has 1 aromatic rings. The molecule has 0 aromatic carbocycles. The van der Waals surface area contributed by atoms with E-state index in [9.17, 15) is 9.59 Å². The summed E-state index contributed by atoms with van der Waals surface area (Å²) in [5.74, 6) is 0.532. The normalized spacial score (nSPS) is 17.1. The van der Waals surface area contributed by atoms with Gasteiger partial charge in [-0.25, -0.2) is 5.01 Å². The Labute approximate surface area is 111 Å². The lowest BCUT2D eigenvalue weighted by Crippen LogP contribution is -2.42. The van der Waals surface area contributed by atoms with Crippen LogP contribution < -0.4 is 5.32 Å². The highest BCUT2D eigenvalue weighted by Crippen LogP contribution is 2.08. The minimum atomic E-state index is -0.224. The molecule has 0 spiro atoms. The SMILES string of the molecule is C[C@H](Cc1ccco1)NC(=O)C1=NN(C)C(=O)CC1. The molecular weight excluding hydrogens is 246 g/mol. The van der Waals surface area contributed by atoms with Crippen molar-refractivity contribution in [1.82, 2.24) is 10.3 Å². The van der Waals surface area contributed by atoms with E-state index in [1.165, 1.54) is 5.01 Å². The number of rotatable bonds is 4. The molecule has 6 nitrogen and oxygen atoms in total. The lowest BCUT2D eigenvalue weighted by atomic mass is 10.1. The summed E-state index contributed by atoms with van der Waals surface area (Å²) in [4.78, 5) is 23.2. The first-order valence-corrected chi connectivity index (χ1v) is 6.23. The second-order valence-corrected chi connectivity index (χ2v) is 4.62. The van der Waals surface area contributed by atoms with E-state index in [0.717, 1.165) is 5.76 Å². The first-order chi connectivity index (χ1) is 9.06. The summed E-state index contributed by atoms with van der Waals surface area (Å²) >= 11 is 0. The van der Waals surface area contributed by atoms with Crippen LogP contribution in [0.5, 0.6) is 0 Å². The average molecular weight is 263 g/mol. The molecule has 2 amide bonds. The van der Waals surface area contributed by atoms with Gasteiger partial charge in [-0.1, -0.05) is 0 Å². The number of furan rings is 1. The van der Waals surface area contributed by atoms with Crippen molar-refractivity contribution in [3.8, 4) is 0 Å². The van der Waals surface area contributed by atoms with E-state index in [1.807, 2.05) is 19.1 Å². The van der Waals surface area contributed by atoms with Crippen LogP contribution in [-0.2, 0) is 16.0 Å². The van der Waals surface area contributed by atoms with Crippen molar-refractivity contribution >= 4 is 17.5 Å². The average Bonchev–Trinajstić information content (AvgIpc) is 2.85. The lowest BCUT2D eigenvalue weighted by Gasteiger charge is -2.20. The molecule has 0 saturated heterocycles. The molecule has 0 fully saturated rings. The summed E-state index contributed by atoms with van der Waals surface area (Å²) in [5, 5.41) is 8.05. The van der Waals surface area contributed by atoms with Gasteiger partial charge in [0, 0.05) is 32.4 Å². The summed E-state index contributed by atoms with van der Waals surface area (Å²) in [7, 11) is 1.56. The van der Waals surface area contributed by atoms with Crippen LogP contribution in [0.15, 0.2) is 27.9 Å². The quantitative estimate of drug-likeness (QED) is 0.878. The molecular formula is C13H17N3O3. The van der Waals surface area contributed by atoms with Crippen molar-refractivity contribution in [3.63, 3.8) is 0 Å². The number of hydrazone groups is 1. The Hall–Kier alpha value is -2.11. The highest BCUT2D eigenvalue weighted by Gasteiger charge is 2.22. The Bertz CT molecular complexity index is 493. The van der Waals surface area contributed by atoms with E-state index in [-0.39, 0.29) is 17.9 Å². The number of carbonyl (C=O) groups is 2. The third-order valence-electron chi connectivity index (χ3n) is 2.93. The van der Waals surface area contributed by atoms with Crippen LogP contribution in [-0.4, -0.2) is 35.6 Å². The van der Waals surface area contributed by atoms with Gasteiger partial charge >= 0.3 is 0 Å². The van der Waals surface area contributed by atoms with Gasteiger partial charge in [0.1, 0.15) is 11.5 Å². The highest BCUT2D eigenvalue weighted by atomic mass is 16.3. The number of nitrogens with zero attached hydrogens (tertiary/aromatic N) is 2. The fourth-order valence-electron chi connectivity index (χ4n) is 1.92. The molecule has 0 bridgehead atoms. The Morgan fingerprint density at radius 3 is 3.00 bits per heavy atom. The molecule has 0 saturated carbocycles. The van der Waals surface area contributed by atoms with Gasteiger partial charge in [-0.15, -0.1) is 0 Å². The first kappa shape index (κ1) is 13.3. The molecule has 1 N–H and O–H groups in total. The number of amides is 2. The van der Waals surface area contributed by atoms with Gasteiger partial charge in [0.25, 0.3) is 5.91 Å². The second kappa shape index (κ2) is 5.69. The molecule has 2 rings (SSSR count). The zero-order valence-corrected chi connectivity index (χ0v) is 11.0. The number of hydrogen-bond acceptors (Lipinski definition) is 4. The zero-order valence-electron chi connectivity index (χ0n) is 11.0. The molecule has 1 aromatic heterocycles. The summed E-state index contributed by atoms with van der Waals surface area (Å²) in [6.07, 6.45) is 2.95. The minimum absolute atomic E-state index is 0.0516. The fraction of sp³-hybridized carbons (Fsp3) is 0.462. The van der Waals surface area contributed by atoms with Crippen LogP contribution in [0.3, 0.4) is 0 Å². The Morgan fingerprint density at radius 2 is 2.37 bits per heavy atom. The maximum atomic E-state index is 12.0. The zero-order chi connectivity index (χ0) is 13.8. The number of carbonyl (C=O) groups excluding carboxylic acids is 2. The molecule has 0 unspecified atom stereocenters. The molecule has 1 atom stereocenters. The number of nitrogens with one attached hydrogen (secondary N) is 1. The second-order valence-electron chi connectivity index (χ2n) is 4.62. The van der Waals surface area contributed by atoms with E-state index < -0.39 is 0 Å². The molecule has 6 heteroatoms. The molecule has 2 heterocycles. The fourth-order valence-corrected chi connectivity index (χ4v) is 1.92. The van der Waals surface area contributed by atoms with Gasteiger partial charge in [-0.3, -0.25) is 9.59 Å². The molecule has 19 heavy (non-hydrogen) atoms. The molecule has 0 aliphatic carbocycles. The maximum Gasteiger partial charge on any atom is 0.267 e. The van der Waals surface area contributed by atoms with E-state index >= 15 is 0 Å². The summed E-state index contributed by atoms with van der Waals surface area (Å²) in [6, 6.07) is 3.63. The lowest BCUT2D eigenvalue weighted by molar-refractivity contribution is -0.130. The Balaban J connectivity index is 1.90. The van der Waals surface area contributed by atoms with Gasteiger partial charge in [0.05, 0.1) is 6.26 Å². The summed E-state index contributed by atoms with van der Waals surface area (Å²) < 4.78 is 5.23. The third kappa shape index (κ3) is 3.43. The molecule has 0 radical (unpaired) electrons. The van der Waals surface area contributed by atoms with E-state index in [4.69, 9.17) is 4.42 Å². The van der Waals surface area contributed by atoms with Crippen LogP contribution >= 0.6 is 0 Å². The summed E-state index contributed by atoms with van der Waals surface area (Å²) in [5.41, 5.74) is 0.397. The highest BCUT2D eigenvalue weighted by molar-refractivity contribution is 6.39. The van der Waals surface area contributed by atoms with Gasteiger partial charge < -0.3 is 9.73 Å². The van der Waals surface area contributed by atoms with Crippen molar-refractivity contribution in [2.24, 2.45) is 5.10 Å². The van der Waals surface area contributed by atoms with E-state index in [2.05, 4.69) is 10.4 Å². The monoisotopic (exact) mass is 263 g/mol. The van der Waals surface area contributed by atoms with Crippen molar-refractivity contribution in [2.75, 3.05) is 7.05 Å². The predicted octanol–water partition coefficient (Wildman–Crippen LogP) is 0.935. The summed E-state index contributed by atoms with van der Waals surface area (Å²) in [6.45, 7) is 1.90. The van der Waals surface area contributed by atoms with Crippen LogP contribution in [0.2, 0.25) is 0 Å². The van der Waals surface area contributed by atoms with Crippen LogP contribution in [0.4, 0.5) is 0 Å². The Morgan fingerprint density at radius 1 is 1.58 bits per heavy atom. The van der Waals surface area contributed by atoms with E-state index in [1.54, 1.807) is 13.3 Å². The van der Waals surface area contributed by atoms with Crippen molar-refractivity contribution in [3.05, 3.63) is 24.2 Å². The van der Waals surface area contributed by atoms with Gasteiger partial charge in [-0.2, -0.15) is 5.10 Å². The topological polar surface area (TPSA) is 74.9 Å². The third-order valence-corrected chi connectivity index (χ3v) is 2.93. The van der Waals surface area contributed by atoms with Crippen LogP contribution in [0.25, 0.3) is 0 Å². The van der Waals surface area contributed by atoms with Gasteiger partial charge in [0.15, 0.2) is 0 Å². The van der Waals surface area contributed by atoms with Crippen molar-refractivity contribution in [1.29, 1.82) is 0 Å². The van der Waals surface area contributed by atoms with Gasteiger partial charge in [0.2, 0.25) is 5.91 Å². The minimum Gasteiger partial charge on any atom is -0.469 e. The van der Waals surface area contributed by atoms with Crippen molar-refractivity contribution in [2.45, 2.75) is 32.2 Å². The molecule has 1 aliphatic heterocycles. The van der Waals surface area contributed by atoms with Crippen LogP contribution in [0, 0.1) is 0 Å². The molecule has 102 valence electrons. The number of hydrogen-bond donors (Lipinski definition) is 1. The smallest absolute Gasteiger partial charge is 0.267 e. The largest absolute Gasteiger partial charge is 0.469 e. The standard InChI is InChI=1S/C13H17N3O3/c1-9(8-10-4-3-7-19-10)14-13(18)11-5-6-12(17)16(2)15-11/h3-4,7,9H,5-6,8H2,1-2H3,(H,14,18)/t9-/m1/s1. The maximum absolute atomic E-state index is 12.0. The van der Waals surface area contributed by atoms with E-state index in [0.29, 0.717) is 25.0 Å². The van der Waals surface area contributed by atoms with Crippen molar-refractivity contribution < 1.29 is 14.0 Å². The van der Waals surface area contributed by atoms with Gasteiger partial charge in [-0.05, 0) is 19.1 Å². The first-order valence-electron chi connectivity index (χ1n) is 6.23.